The molecule has 0 aliphatic carbocycles. The lowest BCUT2D eigenvalue weighted by Gasteiger charge is -2.29. The SMILES string of the molecule is O=C(c1cc([N+](=O)[O-])cc([N+](=O)[O-])c1)N(CCN1CCOCC1)c1nc2ccc(Cl)cc2s1. The molecule has 1 amide bonds. The Bertz CT molecular complexity index is 1200. The van der Waals surface area contributed by atoms with Crippen molar-refractivity contribution in [2.24, 2.45) is 0 Å². The van der Waals surface area contributed by atoms with Crippen molar-refractivity contribution in [1.82, 2.24) is 9.88 Å². The van der Waals surface area contributed by atoms with Gasteiger partial charge < -0.3 is 4.74 Å². The van der Waals surface area contributed by atoms with Crippen molar-refractivity contribution in [2.45, 2.75) is 0 Å². The Hall–Kier alpha value is -3.19. The van der Waals surface area contributed by atoms with Gasteiger partial charge in [-0.15, -0.1) is 0 Å². The minimum absolute atomic E-state index is 0.157. The number of morpholine rings is 1. The van der Waals surface area contributed by atoms with E-state index < -0.39 is 27.1 Å². The summed E-state index contributed by atoms with van der Waals surface area (Å²) in [5, 5.41) is 23.5. The highest BCUT2D eigenvalue weighted by atomic mass is 35.5. The Morgan fingerprint density at radius 2 is 1.79 bits per heavy atom. The lowest BCUT2D eigenvalue weighted by Crippen LogP contribution is -2.43. The molecule has 0 spiro atoms. The molecule has 2 aromatic carbocycles. The number of anilines is 1. The van der Waals surface area contributed by atoms with E-state index in [0.717, 1.165) is 22.9 Å². The Morgan fingerprint density at radius 3 is 2.42 bits per heavy atom. The van der Waals surface area contributed by atoms with Gasteiger partial charge in [0, 0.05) is 43.3 Å². The van der Waals surface area contributed by atoms with E-state index in [1.807, 2.05) is 0 Å². The fourth-order valence-electron chi connectivity index (χ4n) is 3.44. The number of amides is 1. The van der Waals surface area contributed by atoms with E-state index in [2.05, 4.69) is 9.88 Å². The van der Waals surface area contributed by atoms with Crippen LogP contribution in [0.2, 0.25) is 5.02 Å². The van der Waals surface area contributed by atoms with Crippen molar-refractivity contribution in [3.05, 3.63) is 67.2 Å². The summed E-state index contributed by atoms with van der Waals surface area (Å²) in [4.78, 5) is 42.6. The first-order valence-electron chi connectivity index (χ1n) is 9.94. The number of nitro groups is 2. The number of nitrogens with zero attached hydrogens (tertiary/aromatic N) is 5. The molecule has 1 aliphatic rings. The number of hydrogen-bond donors (Lipinski definition) is 0. The molecule has 0 N–H and O–H groups in total. The van der Waals surface area contributed by atoms with Gasteiger partial charge in [0.2, 0.25) is 0 Å². The van der Waals surface area contributed by atoms with Gasteiger partial charge >= 0.3 is 0 Å². The molecule has 1 saturated heterocycles. The van der Waals surface area contributed by atoms with Gasteiger partial charge in [0.25, 0.3) is 17.3 Å². The van der Waals surface area contributed by atoms with Gasteiger partial charge in [-0.25, -0.2) is 4.98 Å². The van der Waals surface area contributed by atoms with E-state index in [4.69, 9.17) is 16.3 Å². The second kappa shape index (κ2) is 9.75. The van der Waals surface area contributed by atoms with E-state index in [0.29, 0.717) is 48.5 Å². The summed E-state index contributed by atoms with van der Waals surface area (Å²) in [6.07, 6.45) is 0. The third kappa shape index (κ3) is 5.25. The van der Waals surface area contributed by atoms with Gasteiger partial charge in [-0.05, 0) is 18.2 Å². The number of carbonyl (C=O) groups excluding carboxylic acids is 1. The Kier molecular flexibility index (Phi) is 6.79. The summed E-state index contributed by atoms with van der Waals surface area (Å²) in [7, 11) is 0. The van der Waals surface area contributed by atoms with Crippen LogP contribution in [-0.2, 0) is 4.74 Å². The number of non-ortho nitro benzene ring substituents is 2. The molecule has 3 aromatic rings. The first-order chi connectivity index (χ1) is 15.8. The lowest BCUT2D eigenvalue weighted by atomic mass is 10.1. The third-order valence-corrected chi connectivity index (χ3v) is 6.41. The lowest BCUT2D eigenvalue weighted by molar-refractivity contribution is -0.394. The number of halogens is 1. The standard InChI is InChI=1S/C20H18ClN5O6S/c21-14-1-2-17-18(11-14)33-20(22-17)24(4-3-23-5-7-32-8-6-23)19(27)13-9-15(25(28)29)12-16(10-13)26(30)31/h1-2,9-12H,3-8H2. The van der Waals surface area contributed by atoms with Gasteiger partial charge in [-0.1, -0.05) is 22.9 Å². The van der Waals surface area contributed by atoms with E-state index >= 15 is 0 Å². The molecule has 0 atom stereocenters. The van der Waals surface area contributed by atoms with Crippen LogP contribution in [0.15, 0.2) is 36.4 Å². The van der Waals surface area contributed by atoms with Crippen LogP contribution in [-0.4, -0.2) is 65.0 Å². The molecular weight excluding hydrogens is 474 g/mol. The van der Waals surface area contributed by atoms with Crippen LogP contribution in [0.3, 0.4) is 0 Å². The first kappa shape index (κ1) is 23.0. The smallest absolute Gasteiger partial charge is 0.277 e. The van der Waals surface area contributed by atoms with Crippen LogP contribution >= 0.6 is 22.9 Å². The Morgan fingerprint density at radius 1 is 1.12 bits per heavy atom. The fourth-order valence-corrected chi connectivity index (χ4v) is 4.70. The zero-order chi connectivity index (χ0) is 23.5. The summed E-state index contributed by atoms with van der Waals surface area (Å²) >= 11 is 7.32. The van der Waals surface area contributed by atoms with Crippen molar-refractivity contribution in [2.75, 3.05) is 44.3 Å². The maximum absolute atomic E-state index is 13.5. The van der Waals surface area contributed by atoms with E-state index in [9.17, 15) is 25.0 Å². The summed E-state index contributed by atoms with van der Waals surface area (Å²) < 4.78 is 6.13. The third-order valence-electron chi connectivity index (χ3n) is 5.13. The maximum atomic E-state index is 13.5. The molecule has 11 nitrogen and oxygen atoms in total. The second-order valence-corrected chi connectivity index (χ2v) is 8.72. The van der Waals surface area contributed by atoms with Crippen molar-refractivity contribution in [3.63, 3.8) is 0 Å². The summed E-state index contributed by atoms with van der Waals surface area (Å²) in [5.74, 6) is -0.611. The quantitative estimate of drug-likeness (QED) is 0.360. The van der Waals surface area contributed by atoms with Crippen LogP contribution < -0.4 is 4.90 Å². The summed E-state index contributed by atoms with van der Waals surface area (Å²) in [6, 6.07) is 8.08. The highest BCUT2D eigenvalue weighted by Gasteiger charge is 2.27. The number of benzene rings is 2. The highest BCUT2D eigenvalue weighted by Crippen LogP contribution is 2.32. The van der Waals surface area contributed by atoms with Crippen molar-refractivity contribution in [3.8, 4) is 0 Å². The zero-order valence-corrected chi connectivity index (χ0v) is 18.8. The topological polar surface area (TPSA) is 132 Å². The Balaban J connectivity index is 1.72. The number of carbonyl (C=O) groups is 1. The van der Waals surface area contributed by atoms with Crippen molar-refractivity contribution < 1.29 is 19.4 Å². The minimum Gasteiger partial charge on any atom is -0.379 e. The Labute approximate surface area is 196 Å². The molecule has 1 fully saturated rings. The number of ether oxygens (including phenoxy) is 1. The van der Waals surface area contributed by atoms with Crippen LogP contribution in [0.4, 0.5) is 16.5 Å². The van der Waals surface area contributed by atoms with Crippen LogP contribution in [0.1, 0.15) is 10.4 Å². The van der Waals surface area contributed by atoms with Gasteiger partial charge in [0.05, 0.1) is 44.9 Å². The van der Waals surface area contributed by atoms with Crippen molar-refractivity contribution in [1.29, 1.82) is 0 Å². The molecule has 33 heavy (non-hydrogen) atoms. The average Bonchev–Trinajstić information content (AvgIpc) is 3.22. The summed E-state index contributed by atoms with van der Waals surface area (Å²) in [6.45, 7) is 3.35. The number of fused-ring (bicyclic) bond motifs is 1. The molecule has 0 saturated carbocycles. The number of hydrogen-bond acceptors (Lipinski definition) is 9. The largest absolute Gasteiger partial charge is 0.379 e. The van der Waals surface area contributed by atoms with Gasteiger partial charge in [0.15, 0.2) is 5.13 Å². The molecule has 172 valence electrons. The summed E-state index contributed by atoms with van der Waals surface area (Å²) in [5.41, 5.74) is -0.572. The van der Waals surface area contributed by atoms with Gasteiger partial charge in [0.1, 0.15) is 0 Å². The monoisotopic (exact) mass is 491 g/mol. The number of nitro benzene ring substituents is 2. The van der Waals surface area contributed by atoms with Gasteiger partial charge in [-0.3, -0.25) is 34.8 Å². The molecule has 2 heterocycles. The molecule has 1 aliphatic heterocycles. The highest BCUT2D eigenvalue weighted by molar-refractivity contribution is 7.22. The van der Waals surface area contributed by atoms with Crippen LogP contribution in [0.5, 0.6) is 0 Å². The van der Waals surface area contributed by atoms with Gasteiger partial charge in [-0.2, -0.15) is 0 Å². The fraction of sp³-hybridized carbons (Fsp3) is 0.300. The zero-order valence-electron chi connectivity index (χ0n) is 17.2. The van der Waals surface area contributed by atoms with Crippen molar-refractivity contribution >= 4 is 55.6 Å². The molecular formula is C20H18ClN5O6S. The molecule has 13 heteroatoms. The molecule has 0 radical (unpaired) electrons. The maximum Gasteiger partial charge on any atom is 0.277 e. The van der Waals surface area contributed by atoms with Crippen LogP contribution in [0, 0.1) is 20.2 Å². The number of rotatable bonds is 7. The van der Waals surface area contributed by atoms with E-state index in [1.54, 1.807) is 18.2 Å². The predicted octanol–water partition coefficient (Wildman–Crippen LogP) is 3.75. The molecule has 4 rings (SSSR count). The second-order valence-electron chi connectivity index (χ2n) is 7.27. The first-order valence-corrected chi connectivity index (χ1v) is 11.1. The number of aromatic nitrogens is 1. The molecule has 0 unspecified atom stereocenters. The average molecular weight is 492 g/mol. The van der Waals surface area contributed by atoms with Crippen LogP contribution in [0.25, 0.3) is 10.2 Å². The minimum atomic E-state index is -0.762. The molecule has 0 bridgehead atoms. The normalized spacial score (nSPS) is 14.3. The predicted molar refractivity (Wildman–Crippen MR) is 123 cm³/mol. The number of thiazole rings is 1. The van der Waals surface area contributed by atoms with E-state index in [1.165, 1.54) is 16.2 Å². The molecule has 1 aromatic heterocycles. The van der Waals surface area contributed by atoms with E-state index in [-0.39, 0.29) is 12.1 Å².